The van der Waals surface area contributed by atoms with Gasteiger partial charge in [-0.2, -0.15) is 0 Å². The number of pyridine rings is 1. The van der Waals surface area contributed by atoms with E-state index < -0.39 is 33.4 Å². The van der Waals surface area contributed by atoms with E-state index in [9.17, 15) is 17.2 Å². The minimum atomic E-state index is -4.27. The number of anilines is 2. The van der Waals surface area contributed by atoms with Crippen LogP contribution < -0.4 is 20.1 Å². The average molecular weight is 649 g/mol. The Balaban J connectivity index is 0.00000384. The number of sulfonamides is 1. The molecule has 9 nitrogen and oxygen atoms in total. The van der Waals surface area contributed by atoms with Gasteiger partial charge in [-0.05, 0) is 68.6 Å². The maximum absolute atomic E-state index is 15.0. The molecule has 14 heteroatoms. The molecule has 2 fully saturated rings. The minimum Gasteiger partial charge on any atom is -0.437 e. The molecule has 6 rings (SSSR count). The average Bonchev–Trinajstić information content (AvgIpc) is 2.99. The summed E-state index contributed by atoms with van der Waals surface area (Å²) in [5, 5.41) is 7.36. The molecule has 4 aromatic rings. The van der Waals surface area contributed by atoms with Crippen molar-refractivity contribution in [2.75, 3.05) is 28.9 Å². The van der Waals surface area contributed by atoms with Gasteiger partial charge in [-0.1, -0.05) is 12.1 Å². The summed E-state index contributed by atoms with van der Waals surface area (Å²) in [6.45, 7) is 3.61. The summed E-state index contributed by atoms with van der Waals surface area (Å²) < 4.78 is 76.8. The van der Waals surface area contributed by atoms with Gasteiger partial charge in [-0.3, -0.25) is 4.72 Å². The zero-order valence-electron chi connectivity index (χ0n) is 23.8. The second-order valence-corrected chi connectivity index (χ2v) is 12.8. The zero-order chi connectivity index (χ0) is 30.2. The molecule has 2 atom stereocenters. The second-order valence-electron chi connectivity index (χ2n) is 11.0. The highest BCUT2D eigenvalue weighted by molar-refractivity contribution is 7.92. The Morgan fingerprint density at radius 3 is 2.61 bits per heavy atom. The SMILES string of the molecule is Cc1ccc2c(NS(=O)(=O)C[C@@H]3CCC3(F)F)c(F)ccc2c1Oc1ncccc1-c1ccnc(NC2CCCNC2)n1.Cl. The van der Waals surface area contributed by atoms with Crippen LogP contribution in [0.3, 0.4) is 0 Å². The van der Waals surface area contributed by atoms with Gasteiger partial charge in [0.05, 0.1) is 22.7 Å². The highest BCUT2D eigenvalue weighted by Crippen LogP contribution is 2.45. The summed E-state index contributed by atoms with van der Waals surface area (Å²) in [7, 11) is -4.27. The summed E-state index contributed by atoms with van der Waals surface area (Å²) in [5.74, 6) is -4.92. The molecule has 1 saturated heterocycles. The number of aromatic nitrogens is 3. The quantitative estimate of drug-likeness (QED) is 0.193. The summed E-state index contributed by atoms with van der Waals surface area (Å²) in [5.41, 5.74) is 1.54. The van der Waals surface area contributed by atoms with Crippen molar-refractivity contribution in [3.05, 3.63) is 66.2 Å². The monoisotopic (exact) mass is 648 g/mol. The molecule has 0 amide bonds. The third-order valence-electron chi connectivity index (χ3n) is 7.93. The number of aryl methyl sites for hydroxylation is 1. The topological polar surface area (TPSA) is 118 Å². The molecule has 1 saturated carbocycles. The summed E-state index contributed by atoms with van der Waals surface area (Å²) in [4.78, 5) is 13.5. The first-order valence-corrected chi connectivity index (χ1v) is 15.8. The van der Waals surface area contributed by atoms with Gasteiger partial charge < -0.3 is 15.4 Å². The first kappa shape index (κ1) is 31.7. The van der Waals surface area contributed by atoms with Gasteiger partial charge in [0.1, 0.15) is 11.6 Å². The minimum absolute atomic E-state index is 0. The van der Waals surface area contributed by atoms with E-state index >= 15 is 4.39 Å². The van der Waals surface area contributed by atoms with Crippen molar-refractivity contribution < 1.29 is 26.3 Å². The summed E-state index contributed by atoms with van der Waals surface area (Å²) in [6, 6.07) is 11.4. The lowest BCUT2D eigenvalue weighted by molar-refractivity contribution is -0.122. The lowest BCUT2D eigenvalue weighted by Crippen LogP contribution is -2.43. The number of alkyl halides is 2. The molecule has 3 heterocycles. The number of nitrogens with one attached hydrogen (secondary N) is 3. The van der Waals surface area contributed by atoms with E-state index in [2.05, 4.69) is 30.3 Å². The van der Waals surface area contributed by atoms with Crippen molar-refractivity contribution in [1.82, 2.24) is 20.3 Å². The number of hydrogen-bond donors (Lipinski definition) is 3. The van der Waals surface area contributed by atoms with Crippen LogP contribution in [0, 0.1) is 18.7 Å². The van der Waals surface area contributed by atoms with E-state index in [0.717, 1.165) is 32.0 Å². The van der Waals surface area contributed by atoms with E-state index in [-0.39, 0.29) is 48.2 Å². The molecule has 2 aliphatic rings. The number of hydrogen-bond acceptors (Lipinski definition) is 8. The van der Waals surface area contributed by atoms with Crippen LogP contribution in [0.15, 0.2) is 54.9 Å². The highest BCUT2D eigenvalue weighted by Gasteiger charge is 2.50. The fraction of sp³-hybridized carbons (Fsp3) is 0.367. The van der Waals surface area contributed by atoms with Gasteiger partial charge in [-0.15, -0.1) is 12.4 Å². The zero-order valence-corrected chi connectivity index (χ0v) is 25.5. The van der Waals surface area contributed by atoms with Crippen LogP contribution >= 0.6 is 12.4 Å². The van der Waals surface area contributed by atoms with Crippen LogP contribution in [0.4, 0.5) is 24.8 Å². The molecule has 1 unspecified atom stereocenters. The molecule has 1 aliphatic carbocycles. The molecule has 1 aliphatic heterocycles. The van der Waals surface area contributed by atoms with Crippen molar-refractivity contribution in [2.45, 2.75) is 44.6 Å². The van der Waals surface area contributed by atoms with E-state index in [1.54, 1.807) is 43.6 Å². The molecule has 0 radical (unpaired) electrons. The number of nitrogens with zero attached hydrogens (tertiary/aromatic N) is 3. The van der Waals surface area contributed by atoms with Crippen molar-refractivity contribution in [3.63, 3.8) is 0 Å². The van der Waals surface area contributed by atoms with Gasteiger partial charge in [-0.25, -0.2) is 36.5 Å². The molecule has 44 heavy (non-hydrogen) atoms. The van der Waals surface area contributed by atoms with E-state index in [4.69, 9.17) is 4.74 Å². The van der Waals surface area contributed by atoms with Gasteiger partial charge in [0.15, 0.2) is 0 Å². The molecule has 234 valence electrons. The molecule has 2 aromatic heterocycles. The van der Waals surface area contributed by atoms with Gasteiger partial charge in [0.2, 0.25) is 21.9 Å². The number of ether oxygens (including phenoxy) is 1. The van der Waals surface area contributed by atoms with E-state index in [1.165, 1.54) is 6.07 Å². The number of halogens is 4. The van der Waals surface area contributed by atoms with Crippen LogP contribution in [0.2, 0.25) is 0 Å². The number of fused-ring (bicyclic) bond motifs is 1. The van der Waals surface area contributed by atoms with E-state index in [0.29, 0.717) is 33.9 Å². The smallest absolute Gasteiger partial charge is 0.252 e. The molecule has 0 bridgehead atoms. The van der Waals surface area contributed by atoms with Crippen LogP contribution in [-0.2, 0) is 10.0 Å². The number of rotatable bonds is 9. The normalized spacial score (nSPS) is 19.5. The van der Waals surface area contributed by atoms with Crippen molar-refractivity contribution >= 4 is 44.8 Å². The van der Waals surface area contributed by atoms with Gasteiger partial charge in [0.25, 0.3) is 5.92 Å². The Kier molecular flexibility index (Phi) is 9.19. The van der Waals surface area contributed by atoms with Crippen LogP contribution in [0.25, 0.3) is 22.0 Å². The maximum Gasteiger partial charge on any atom is 0.252 e. The third kappa shape index (κ3) is 6.69. The van der Waals surface area contributed by atoms with E-state index in [1.807, 2.05) is 6.07 Å². The molecular formula is C30H32ClF3N6O3S. The molecule has 3 N–H and O–H groups in total. The van der Waals surface area contributed by atoms with Crippen LogP contribution in [0.5, 0.6) is 11.6 Å². The molecule has 0 spiro atoms. The van der Waals surface area contributed by atoms with Crippen molar-refractivity contribution in [1.29, 1.82) is 0 Å². The Hall–Kier alpha value is -3.68. The fourth-order valence-electron chi connectivity index (χ4n) is 5.43. The first-order valence-electron chi connectivity index (χ1n) is 14.1. The molecule has 2 aromatic carbocycles. The molecular weight excluding hydrogens is 617 g/mol. The predicted octanol–water partition coefficient (Wildman–Crippen LogP) is 6.30. The van der Waals surface area contributed by atoms with Gasteiger partial charge in [0, 0.05) is 48.1 Å². The Morgan fingerprint density at radius 2 is 1.89 bits per heavy atom. The Labute approximate surface area is 259 Å². The lowest BCUT2D eigenvalue weighted by atomic mass is 9.82. The Morgan fingerprint density at radius 1 is 1.07 bits per heavy atom. The second kappa shape index (κ2) is 12.7. The Bertz CT molecular complexity index is 1770. The van der Waals surface area contributed by atoms with Crippen molar-refractivity contribution in [3.8, 4) is 22.9 Å². The van der Waals surface area contributed by atoms with Crippen LogP contribution in [0.1, 0.15) is 31.2 Å². The number of benzene rings is 2. The first-order chi connectivity index (χ1) is 20.6. The van der Waals surface area contributed by atoms with Crippen LogP contribution in [-0.4, -0.2) is 54.2 Å². The lowest BCUT2D eigenvalue weighted by Gasteiger charge is -2.35. The van der Waals surface area contributed by atoms with Crippen molar-refractivity contribution in [2.24, 2.45) is 5.92 Å². The third-order valence-corrected chi connectivity index (χ3v) is 9.29. The summed E-state index contributed by atoms with van der Waals surface area (Å²) >= 11 is 0. The maximum atomic E-state index is 15.0. The predicted molar refractivity (Wildman–Crippen MR) is 166 cm³/mol. The van der Waals surface area contributed by atoms with Gasteiger partial charge >= 0.3 is 0 Å². The fourth-order valence-corrected chi connectivity index (χ4v) is 6.98. The number of piperidine rings is 1. The largest absolute Gasteiger partial charge is 0.437 e. The highest BCUT2D eigenvalue weighted by atomic mass is 35.5. The standard InChI is InChI=1S/C30H31F3N6O3S.ClH/c1-18-6-7-21-22(8-9-24(31)26(21)39-43(40,41)17-19-10-12-30(19,32)33)27(18)42-28-23(5-3-14-35-28)25-11-15-36-29(38-25)37-20-4-2-13-34-16-20;/h3,5-9,11,14-15,19-20,34,39H,2,4,10,12-13,16-17H2,1H3,(H,36,37,38);1H/t19-,20?;/m0./s1. The summed E-state index contributed by atoms with van der Waals surface area (Å²) in [6.07, 6.45) is 5.04.